The van der Waals surface area contributed by atoms with Crippen LogP contribution in [0.4, 0.5) is 4.39 Å². The van der Waals surface area contributed by atoms with Crippen molar-refractivity contribution in [1.29, 1.82) is 0 Å². The fourth-order valence-electron chi connectivity index (χ4n) is 6.28. The molecule has 0 bridgehead atoms. The van der Waals surface area contributed by atoms with Crippen molar-refractivity contribution in [3.63, 3.8) is 0 Å². The molecule has 2 heterocycles. The van der Waals surface area contributed by atoms with Crippen LogP contribution in [-0.4, -0.2) is 75.2 Å². The van der Waals surface area contributed by atoms with Crippen molar-refractivity contribution in [3.8, 4) is 11.5 Å². The molecule has 12 heteroatoms. The molecular formula is C39H47FN4O7. The number of ether oxygens (including phenoxy) is 3. The van der Waals surface area contributed by atoms with Gasteiger partial charge in [-0.2, -0.15) is 0 Å². The van der Waals surface area contributed by atoms with Crippen molar-refractivity contribution in [2.45, 2.75) is 63.5 Å². The van der Waals surface area contributed by atoms with Gasteiger partial charge in [0.05, 0.1) is 23.8 Å². The van der Waals surface area contributed by atoms with Gasteiger partial charge in [-0.25, -0.2) is 4.39 Å². The number of carbonyl (C=O) groups excluding carboxylic acids is 4. The number of benzene rings is 3. The molecule has 2 aliphatic rings. The van der Waals surface area contributed by atoms with Crippen LogP contribution in [0, 0.1) is 11.7 Å². The number of carbonyl (C=O) groups is 4. The Kier molecular flexibility index (Phi) is 13.0. The Morgan fingerprint density at radius 3 is 2.27 bits per heavy atom. The highest BCUT2D eigenvalue weighted by atomic mass is 19.1. The maximum Gasteiger partial charge on any atom is 0.255 e. The highest BCUT2D eigenvalue weighted by Crippen LogP contribution is 2.34. The lowest BCUT2D eigenvalue weighted by Gasteiger charge is -2.38. The van der Waals surface area contributed by atoms with Crippen LogP contribution in [0.2, 0.25) is 0 Å². The third-order valence-electron chi connectivity index (χ3n) is 9.47. The molecule has 51 heavy (non-hydrogen) atoms. The van der Waals surface area contributed by atoms with Gasteiger partial charge < -0.3 is 35.5 Å². The Hall–Kier alpha value is -4.97. The van der Waals surface area contributed by atoms with E-state index in [-0.39, 0.29) is 61.7 Å². The first-order valence-electron chi connectivity index (χ1n) is 17.6. The minimum Gasteiger partial charge on any atom is -0.493 e. The maximum atomic E-state index is 14.3. The summed E-state index contributed by atoms with van der Waals surface area (Å²) in [6.45, 7) is 5.67. The molecule has 2 aliphatic heterocycles. The summed E-state index contributed by atoms with van der Waals surface area (Å²) in [5.74, 6) is -1.28. The highest BCUT2D eigenvalue weighted by Gasteiger charge is 2.36. The first-order chi connectivity index (χ1) is 24.6. The van der Waals surface area contributed by atoms with Gasteiger partial charge in [-0.3, -0.25) is 19.2 Å². The number of halogens is 1. The molecule has 3 aromatic rings. The average molecular weight is 703 g/mol. The summed E-state index contributed by atoms with van der Waals surface area (Å²) < 4.78 is 31.9. The van der Waals surface area contributed by atoms with E-state index in [2.05, 4.69) is 21.3 Å². The van der Waals surface area contributed by atoms with Gasteiger partial charge in [-0.15, -0.1) is 0 Å². The average Bonchev–Trinajstić information content (AvgIpc) is 3.14. The summed E-state index contributed by atoms with van der Waals surface area (Å²) in [6, 6.07) is 18.5. The third kappa shape index (κ3) is 10.1. The minimum atomic E-state index is -1.07. The van der Waals surface area contributed by atoms with Gasteiger partial charge in [0, 0.05) is 38.1 Å². The van der Waals surface area contributed by atoms with E-state index in [1.807, 2.05) is 19.9 Å². The molecule has 0 radical (unpaired) electrons. The standard InChI is InChI=1S/C39H47FN4O7/c1-26(2)32-24-51-34-14-6-3-11-29(34)36(46)41-19-8-20-50-33-13-5-4-12-30(33)37(47)44-31(15-16-35(45)43-32)38(48)42-25-39(17-21-49-22-18-39)27-9-7-10-28(40)23-27/h3-7,9-14,23,26,31-32H,8,15-22,24-25H2,1-2H3,(H,41,46)(H,42,48)(H,43,45)(H,44,47)/t31-,32+/m0/s1. The van der Waals surface area contributed by atoms with E-state index in [0.29, 0.717) is 56.1 Å². The van der Waals surface area contributed by atoms with Gasteiger partial charge >= 0.3 is 0 Å². The Bertz CT molecular complexity index is 1680. The number of hydrogen-bond acceptors (Lipinski definition) is 7. The Morgan fingerprint density at radius 2 is 1.57 bits per heavy atom. The fourth-order valence-corrected chi connectivity index (χ4v) is 6.28. The molecule has 3 aromatic carbocycles. The fraction of sp³-hybridized carbons (Fsp3) is 0.436. The van der Waals surface area contributed by atoms with E-state index >= 15 is 0 Å². The molecule has 0 unspecified atom stereocenters. The number of hydrogen-bond donors (Lipinski definition) is 4. The van der Waals surface area contributed by atoms with Gasteiger partial charge in [0.15, 0.2) is 0 Å². The van der Waals surface area contributed by atoms with Crippen molar-refractivity contribution in [1.82, 2.24) is 21.3 Å². The van der Waals surface area contributed by atoms with E-state index < -0.39 is 29.3 Å². The molecule has 0 aliphatic carbocycles. The smallest absolute Gasteiger partial charge is 0.255 e. The maximum absolute atomic E-state index is 14.3. The second-order valence-electron chi connectivity index (χ2n) is 13.4. The van der Waals surface area contributed by atoms with Crippen molar-refractivity contribution >= 4 is 23.6 Å². The lowest BCUT2D eigenvalue weighted by atomic mass is 9.74. The van der Waals surface area contributed by atoms with E-state index in [4.69, 9.17) is 14.2 Å². The van der Waals surface area contributed by atoms with Crippen LogP contribution < -0.4 is 30.7 Å². The molecule has 2 atom stereocenters. The molecule has 11 nitrogen and oxygen atoms in total. The first-order valence-corrected chi connectivity index (χ1v) is 17.6. The van der Waals surface area contributed by atoms with Crippen molar-refractivity contribution in [3.05, 3.63) is 95.3 Å². The molecule has 0 aromatic heterocycles. The summed E-state index contributed by atoms with van der Waals surface area (Å²) in [4.78, 5) is 54.0. The van der Waals surface area contributed by atoms with Crippen LogP contribution in [-0.2, 0) is 19.7 Å². The summed E-state index contributed by atoms with van der Waals surface area (Å²) in [6.07, 6.45) is 1.56. The predicted octanol–water partition coefficient (Wildman–Crippen LogP) is 4.30. The van der Waals surface area contributed by atoms with E-state index in [0.717, 1.165) is 5.56 Å². The van der Waals surface area contributed by atoms with Gasteiger partial charge in [-0.1, -0.05) is 50.2 Å². The van der Waals surface area contributed by atoms with Crippen LogP contribution in [0.3, 0.4) is 0 Å². The molecule has 5 rings (SSSR count). The van der Waals surface area contributed by atoms with Gasteiger partial charge in [-0.05, 0) is 73.6 Å². The van der Waals surface area contributed by atoms with E-state index in [9.17, 15) is 23.6 Å². The summed E-state index contributed by atoms with van der Waals surface area (Å²) in [5, 5.41) is 11.7. The zero-order chi connectivity index (χ0) is 36.2. The summed E-state index contributed by atoms with van der Waals surface area (Å²) in [7, 11) is 0. The lowest BCUT2D eigenvalue weighted by molar-refractivity contribution is -0.124. The van der Waals surface area contributed by atoms with Gasteiger partial charge in [0.2, 0.25) is 11.8 Å². The third-order valence-corrected chi connectivity index (χ3v) is 9.47. The Morgan fingerprint density at radius 1 is 0.882 bits per heavy atom. The highest BCUT2D eigenvalue weighted by molar-refractivity contribution is 6.00. The van der Waals surface area contributed by atoms with Crippen LogP contribution >= 0.6 is 0 Å². The largest absolute Gasteiger partial charge is 0.493 e. The zero-order valence-electron chi connectivity index (χ0n) is 29.2. The molecule has 1 fully saturated rings. The van der Waals surface area contributed by atoms with Crippen LogP contribution in [0.5, 0.6) is 11.5 Å². The lowest BCUT2D eigenvalue weighted by Crippen LogP contribution is -2.52. The number of amides is 4. The Balaban J connectivity index is 1.37. The van der Waals surface area contributed by atoms with Crippen LogP contribution in [0.25, 0.3) is 0 Å². The van der Waals surface area contributed by atoms with Gasteiger partial charge in [0.25, 0.3) is 11.8 Å². The number of nitrogens with one attached hydrogen (secondary N) is 4. The molecule has 0 saturated carbocycles. The Labute approximate surface area is 298 Å². The topological polar surface area (TPSA) is 144 Å². The quantitative estimate of drug-likeness (QED) is 0.311. The van der Waals surface area contributed by atoms with Crippen LogP contribution in [0.15, 0.2) is 72.8 Å². The summed E-state index contributed by atoms with van der Waals surface area (Å²) in [5.41, 5.74) is 0.802. The molecule has 272 valence electrons. The molecule has 4 amide bonds. The van der Waals surface area contributed by atoms with E-state index in [1.54, 1.807) is 54.6 Å². The second-order valence-corrected chi connectivity index (χ2v) is 13.4. The monoisotopic (exact) mass is 702 g/mol. The van der Waals surface area contributed by atoms with Crippen molar-refractivity contribution in [2.75, 3.05) is 39.5 Å². The molecule has 4 N–H and O–H groups in total. The molecule has 1 saturated heterocycles. The van der Waals surface area contributed by atoms with E-state index in [1.165, 1.54) is 12.1 Å². The first kappa shape index (κ1) is 37.3. The number of rotatable bonds is 5. The van der Waals surface area contributed by atoms with Crippen LogP contribution in [0.1, 0.15) is 72.2 Å². The molecular weight excluding hydrogens is 655 g/mol. The predicted molar refractivity (Wildman–Crippen MR) is 189 cm³/mol. The second kappa shape index (κ2) is 17.8. The molecule has 0 spiro atoms. The van der Waals surface area contributed by atoms with Crippen molar-refractivity contribution < 1.29 is 37.8 Å². The summed E-state index contributed by atoms with van der Waals surface area (Å²) >= 11 is 0. The normalized spacial score (nSPS) is 20.6. The zero-order valence-corrected chi connectivity index (χ0v) is 29.2. The number of fused-ring (bicyclic) bond motifs is 2. The number of para-hydroxylation sites is 2. The van der Waals surface area contributed by atoms with Crippen molar-refractivity contribution in [2.24, 2.45) is 5.92 Å². The van der Waals surface area contributed by atoms with Gasteiger partial charge in [0.1, 0.15) is 30.0 Å². The minimum absolute atomic E-state index is 0.0111. The SMILES string of the molecule is CC(C)[C@H]1COc2ccccc2C(=O)NCCCOc2ccccc2C(=O)N[C@H](C(=O)NCC2(c3cccc(F)c3)CCOCC2)CCC(=O)N1.